The van der Waals surface area contributed by atoms with Crippen molar-refractivity contribution in [2.75, 3.05) is 19.8 Å². The van der Waals surface area contributed by atoms with E-state index in [-0.39, 0.29) is 23.3 Å². The third-order valence-electron chi connectivity index (χ3n) is 3.72. The summed E-state index contributed by atoms with van der Waals surface area (Å²) in [7, 11) is 0. The average Bonchev–Trinajstić information content (AvgIpc) is 2.83. The number of nitrogens with one attached hydrogen (secondary N) is 1. The van der Waals surface area contributed by atoms with Crippen LogP contribution in [0.5, 0.6) is 0 Å². The summed E-state index contributed by atoms with van der Waals surface area (Å²) in [6.45, 7) is 5.74. The molecule has 3 N–H and O–H groups in total. The highest BCUT2D eigenvalue weighted by Crippen LogP contribution is 2.22. The van der Waals surface area contributed by atoms with Crippen LogP contribution < -0.4 is 11.1 Å². The molecule has 4 nitrogen and oxygen atoms in total. The van der Waals surface area contributed by atoms with E-state index in [1.54, 1.807) is 0 Å². The van der Waals surface area contributed by atoms with Gasteiger partial charge in [0.05, 0.1) is 19.1 Å². The summed E-state index contributed by atoms with van der Waals surface area (Å²) in [5, 5.41) is 2.99. The van der Waals surface area contributed by atoms with E-state index in [4.69, 9.17) is 10.5 Å². The topological polar surface area (TPSA) is 64.3 Å². The number of carbonyl (C=O) groups excluding carboxylic acids is 1. The summed E-state index contributed by atoms with van der Waals surface area (Å²) >= 11 is 0. The Hall–Kier alpha value is -1.39. The number of hydrogen-bond donors (Lipinski definition) is 2. The van der Waals surface area contributed by atoms with E-state index in [1.807, 2.05) is 18.2 Å². The quantitative estimate of drug-likeness (QED) is 0.852. The van der Waals surface area contributed by atoms with Crippen LogP contribution >= 0.6 is 0 Å². The zero-order chi connectivity index (χ0) is 13.9. The van der Waals surface area contributed by atoms with Crippen LogP contribution in [0, 0.1) is 5.92 Å². The van der Waals surface area contributed by atoms with Gasteiger partial charge in [0.2, 0.25) is 5.91 Å². The largest absolute Gasteiger partial charge is 0.379 e. The van der Waals surface area contributed by atoms with Gasteiger partial charge in [0.1, 0.15) is 0 Å². The second-order valence-electron chi connectivity index (χ2n) is 5.78. The van der Waals surface area contributed by atoms with Gasteiger partial charge in [-0.3, -0.25) is 4.79 Å². The van der Waals surface area contributed by atoms with Crippen molar-refractivity contribution < 1.29 is 9.53 Å². The zero-order valence-electron chi connectivity index (χ0n) is 11.6. The molecule has 0 saturated carbocycles. The van der Waals surface area contributed by atoms with Crippen molar-refractivity contribution in [1.82, 2.24) is 5.32 Å². The molecule has 1 heterocycles. The van der Waals surface area contributed by atoms with Gasteiger partial charge < -0.3 is 15.8 Å². The first-order valence-electron chi connectivity index (χ1n) is 6.67. The molecule has 4 heteroatoms. The lowest BCUT2D eigenvalue weighted by molar-refractivity contribution is -0.125. The Balaban J connectivity index is 1.93. The SMILES string of the molecule is CC(C)(CNC(=O)C1COCC1N)c1ccccc1. The van der Waals surface area contributed by atoms with Crippen molar-refractivity contribution in [3.8, 4) is 0 Å². The summed E-state index contributed by atoms with van der Waals surface area (Å²) in [5.41, 5.74) is 6.96. The van der Waals surface area contributed by atoms with Crippen LogP contribution in [0.25, 0.3) is 0 Å². The molecular weight excluding hydrogens is 240 g/mol. The molecule has 1 amide bonds. The van der Waals surface area contributed by atoms with Gasteiger partial charge in [-0.2, -0.15) is 0 Å². The molecule has 2 rings (SSSR count). The maximum absolute atomic E-state index is 12.1. The molecule has 2 atom stereocenters. The fourth-order valence-electron chi connectivity index (χ4n) is 2.27. The van der Waals surface area contributed by atoms with Crippen LogP contribution in [0.4, 0.5) is 0 Å². The Morgan fingerprint density at radius 1 is 1.37 bits per heavy atom. The molecule has 0 aromatic heterocycles. The number of hydrogen-bond acceptors (Lipinski definition) is 3. The van der Waals surface area contributed by atoms with Crippen molar-refractivity contribution in [3.05, 3.63) is 35.9 Å². The minimum Gasteiger partial charge on any atom is -0.379 e. The number of nitrogens with two attached hydrogens (primary N) is 1. The number of rotatable bonds is 4. The normalized spacial score (nSPS) is 23.3. The molecule has 0 radical (unpaired) electrons. The van der Waals surface area contributed by atoms with Crippen LogP contribution in [-0.2, 0) is 14.9 Å². The summed E-state index contributed by atoms with van der Waals surface area (Å²) < 4.78 is 5.22. The van der Waals surface area contributed by atoms with Gasteiger partial charge in [-0.25, -0.2) is 0 Å². The van der Waals surface area contributed by atoms with Gasteiger partial charge in [-0.15, -0.1) is 0 Å². The van der Waals surface area contributed by atoms with Crippen molar-refractivity contribution in [2.45, 2.75) is 25.3 Å². The van der Waals surface area contributed by atoms with Gasteiger partial charge in [0, 0.05) is 18.0 Å². The van der Waals surface area contributed by atoms with Crippen molar-refractivity contribution in [1.29, 1.82) is 0 Å². The minimum atomic E-state index is -0.216. The summed E-state index contributed by atoms with van der Waals surface area (Å²) in [4.78, 5) is 12.1. The Labute approximate surface area is 114 Å². The van der Waals surface area contributed by atoms with Crippen molar-refractivity contribution in [2.24, 2.45) is 11.7 Å². The van der Waals surface area contributed by atoms with Crippen LogP contribution in [0.1, 0.15) is 19.4 Å². The monoisotopic (exact) mass is 262 g/mol. The fraction of sp³-hybridized carbons (Fsp3) is 0.533. The molecule has 0 spiro atoms. The lowest BCUT2D eigenvalue weighted by Gasteiger charge is -2.26. The number of benzene rings is 1. The Kier molecular flexibility index (Phi) is 4.22. The second-order valence-corrected chi connectivity index (χ2v) is 5.78. The second kappa shape index (κ2) is 5.72. The summed E-state index contributed by atoms with van der Waals surface area (Å²) in [6, 6.07) is 10.00. The summed E-state index contributed by atoms with van der Waals surface area (Å²) in [5.74, 6) is -0.222. The van der Waals surface area contributed by atoms with E-state index in [1.165, 1.54) is 5.56 Å². The highest BCUT2D eigenvalue weighted by Gasteiger charge is 2.32. The number of amides is 1. The van der Waals surface area contributed by atoms with Gasteiger partial charge in [-0.1, -0.05) is 44.2 Å². The molecule has 19 heavy (non-hydrogen) atoms. The molecule has 0 bridgehead atoms. The van der Waals surface area contributed by atoms with E-state index in [9.17, 15) is 4.79 Å². The lowest BCUT2D eigenvalue weighted by Crippen LogP contribution is -2.44. The molecule has 1 aliphatic heterocycles. The average molecular weight is 262 g/mol. The standard InChI is InChI=1S/C15H22N2O2/c1-15(2,11-6-4-3-5-7-11)10-17-14(18)12-8-19-9-13(12)16/h3-7,12-13H,8-10,16H2,1-2H3,(H,17,18). The fourth-order valence-corrected chi connectivity index (χ4v) is 2.27. The smallest absolute Gasteiger partial charge is 0.227 e. The maximum Gasteiger partial charge on any atom is 0.227 e. The molecule has 1 aromatic carbocycles. The Bertz CT molecular complexity index is 431. The van der Waals surface area contributed by atoms with Crippen LogP contribution in [-0.4, -0.2) is 31.7 Å². The lowest BCUT2D eigenvalue weighted by atomic mass is 9.84. The highest BCUT2D eigenvalue weighted by molar-refractivity contribution is 5.80. The first kappa shape index (κ1) is 14.0. The van der Waals surface area contributed by atoms with Crippen molar-refractivity contribution in [3.63, 3.8) is 0 Å². The van der Waals surface area contributed by atoms with Crippen LogP contribution in [0.2, 0.25) is 0 Å². The van der Waals surface area contributed by atoms with E-state index in [0.29, 0.717) is 19.8 Å². The zero-order valence-corrected chi connectivity index (χ0v) is 11.6. The van der Waals surface area contributed by atoms with Crippen LogP contribution in [0.15, 0.2) is 30.3 Å². The van der Waals surface area contributed by atoms with Gasteiger partial charge in [-0.05, 0) is 5.56 Å². The maximum atomic E-state index is 12.1. The van der Waals surface area contributed by atoms with Gasteiger partial charge >= 0.3 is 0 Å². The molecule has 1 saturated heterocycles. The van der Waals surface area contributed by atoms with Crippen molar-refractivity contribution >= 4 is 5.91 Å². The minimum absolute atomic E-state index is 0.00555. The van der Waals surface area contributed by atoms with Gasteiger partial charge in [0.15, 0.2) is 0 Å². The predicted octanol–water partition coefficient (Wildman–Crippen LogP) is 1.05. The van der Waals surface area contributed by atoms with E-state index >= 15 is 0 Å². The molecule has 0 aliphatic carbocycles. The third-order valence-corrected chi connectivity index (χ3v) is 3.72. The number of ether oxygens (including phenoxy) is 1. The Morgan fingerprint density at radius 3 is 2.63 bits per heavy atom. The molecular formula is C15H22N2O2. The Morgan fingerprint density at radius 2 is 2.05 bits per heavy atom. The highest BCUT2D eigenvalue weighted by atomic mass is 16.5. The molecule has 1 aromatic rings. The van der Waals surface area contributed by atoms with E-state index in [2.05, 4.69) is 31.3 Å². The first-order chi connectivity index (χ1) is 9.00. The molecule has 2 unspecified atom stereocenters. The van der Waals surface area contributed by atoms with E-state index in [0.717, 1.165) is 0 Å². The molecule has 104 valence electrons. The predicted molar refractivity (Wildman–Crippen MR) is 74.8 cm³/mol. The summed E-state index contributed by atoms with van der Waals surface area (Å²) in [6.07, 6.45) is 0. The number of carbonyl (C=O) groups is 1. The molecule has 1 aliphatic rings. The first-order valence-corrected chi connectivity index (χ1v) is 6.67. The third kappa shape index (κ3) is 3.33. The van der Waals surface area contributed by atoms with Gasteiger partial charge in [0.25, 0.3) is 0 Å². The van der Waals surface area contributed by atoms with Crippen LogP contribution in [0.3, 0.4) is 0 Å². The van der Waals surface area contributed by atoms with E-state index < -0.39 is 0 Å². The molecule has 1 fully saturated rings.